The standard InChI is InChI=1S/C16H18N2O5/c1-16(2,3)23-15(22)18(4)10-6-5-9-7-11(14(20)21)13(19)17-12(9)8-10/h5-8H,1-4H3,(H,17,19)(H,20,21). The van der Waals surface area contributed by atoms with Crippen molar-refractivity contribution in [1.29, 1.82) is 0 Å². The van der Waals surface area contributed by atoms with Crippen molar-refractivity contribution in [2.24, 2.45) is 0 Å². The molecule has 0 bridgehead atoms. The molecule has 122 valence electrons. The van der Waals surface area contributed by atoms with Crippen molar-refractivity contribution >= 4 is 28.7 Å². The van der Waals surface area contributed by atoms with Crippen LogP contribution in [0.1, 0.15) is 31.1 Å². The zero-order valence-corrected chi connectivity index (χ0v) is 13.3. The first kappa shape index (κ1) is 16.5. The fourth-order valence-electron chi connectivity index (χ4n) is 1.99. The summed E-state index contributed by atoms with van der Waals surface area (Å²) >= 11 is 0. The Bertz CT molecular complexity index is 832. The van der Waals surface area contributed by atoms with Gasteiger partial charge in [0.05, 0.1) is 5.52 Å². The minimum atomic E-state index is -1.29. The monoisotopic (exact) mass is 318 g/mol. The van der Waals surface area contributed by atoms with Gasteiger partial charge in [0.2, 0.25) is 0 Å². The maximum absolute atomic E-state index is 12.1. The highest BCUT2D eigenvalue weighted by atomic mass is 16.6. The third-order valence-electron chi connectivity index (χ3n) is 3.11. The third-order valence-corrected chi connectivity index (χ3v) is 3.11. The van der Waals surface area contributed by atoms with E-state index in [1.165, 1.54) is 11.0 Å². The summed E-state index contributed by atoms with van der Waals surface area (Å²) in [6.07, 6.45) is -0.527. The second kappa shape index (κ2) is 5.75. The number of aromatic amines is 1. The first-order chi connectivity index (χ1) is 10.6. The molecule has 0 saturated heterocycles. The van der Waals surface area contributed by atoms with Crippen LogP contribution in [-0.2, 0) is 4.74 Å². The third kappa shape index (κ3) is 3.68. The minimum Gasteiger partial charge on any atom is -0.477 e. The number of carbonyl (C=O) groups is 2. The van der Waals surface area contributed by atoms with Crippen LogP contribution in [0.4, 0.5) is 10.5 Å². The van der Waals surface area contributed by atoms with Gasteiger partial charge in [-0.2, -0.15) is 0 Å². The number of benzene rings is 1. The Morgan fingerprint density at radius 1 is 1.22 bits per heavy atom. The molecule has 1 heterocycles. The van der Waals surface area contributed by atoms with E-state index in [0.717, 1.165) is 0 Å². The lowest BCUT2D eigenvalue weighted by atomic mass is 10.1. The van der Waals surface area contributed by atoms with Crippen molar-refractivity contribution in [3.05, 3.63) is 40.2 Å². The van der Waals surface area contributed by atoms with Crippen molar-refractivity contribution < 1.29 is 19.4 Å². The fraction of sp³-hybridized carbons (Fsp3) is 0.312. The van der Waals surface area contributed by atoms with Crippen LogP contribution in [0.3, 0.4) is 0 Å². The van der Waals surface area contributed by atoms with Crippen molar-refractivity contribution in [2.75, 3.05) is 11.9 Å². The highest BCUT2D eigenvalue weighted by Crippen LogP contribution is 2.21. The van der Waals surface area contributed by atoms with Crippen LogP contribution < -0.4 is 10.5 Å². The van der Waals surface area contributed by atoms with Gasteiger partial charge in [0.1, 0.15) is 11.2 Å². The number of aromatic carboxylic acids is 1. The predicted molar refractivity (Wildman–Crippen MR) is 86.2 cm³/mol. The molecule has 0 aliphatic carbocycles. The molecule has 0 unspecified atom stereocenters. The molecule has 2 N–H and O–H groups in total. The number of carbonyl (C=O) groups excluding carboxylic acids is 1. The maximum Gasteiger partial charge on any atom is 0.414 e. The summed E-state index contributed by atoms with van der Waals surface area (Å²) in [5.74, 6) is -1.29. The van der Waals surface area contributed by atoms with E-state index in [9.17, 15) is 14.4 Å². The van der Waals surface area contributed by atoms with Gasteiger partial charge in [0.15, 0.2) is 0 Å². The Morgan fingerprint density at radius 3 is 2.43 bits per heavy atom. The van der Waals surface area contributed by atoms with Gasteiger partial charge >= 0.3 is 12.1 Å². The van der Waals surface area contributed by atoms with Gasteiger partial charge < -0.3 is 14.8 Å². The second-order valence-corrected chi connectivity index (χ2v) is 6.13. The molecule has 0 saturated carbocycles. The Morgan fingerprint density at radius 2 is 1.87 bits per heavy atom. The van der Waals surface area contributed by atoms with E-state index in [-0.39, 0.29) is 5.56 Å². The molecule has 0 spiro atoms. The normalized spacial score (nSPS) is 11.3. The summed E-state index contributed by atoms with van der Waals surface area (Å²) in [6.45, 7) is 5.30. The van der Waals surface area contributed by atoms with Crippen LogP contribution in [-0.4, -0.2) is 34.8 Å². The van der Waals surface area contributed by atoms with Gasteiger partial charge in [0, 0.05) is 12.7 Å². The van der Waals surface area contributed by atoms with Gasteiger partial charge in [-0.25, -0.2) is 9.59 Å². The molecule has 2 rings (SSSR count). The Hall–Kier alpha value is -2.83. The maximum atomic E-state index is 12.1. The van der Waals surface area contributed by atoms with E-state index in [4.69, 9.17) is 9.84 Å². The summed E-state index contributed by atoms with van der Waals surface area (Å²) in [4.78, 5) is 38.6. The number of aromatic nitrogens is 1. The lowest BCUT2D eigenvalue weighted by Gasteiger charge is -2.24. The summed E-state index contributed by atoms with van der Waals surface area (Å²) in [7, 11) is 1.55. The lowest BCUT2D eigenvalue weighted by Crippen LogP contribution is -2.34. The number of pyridine rings is 1. The van der Waals surface area contributed by atoms with Gasteiger partial charge in [-0.15, -0.1) is 0 Å². The summed E-state index contributed by atoms with van der Waals surface area (Å²) in [5.41, 5.74) is -0.682. The van der Waals surface area contributed by atoms with Crippen LogP contribution in [0.2, 0.25) is 0 Å². The number of nitrogens with one attached hydrogen (secondary N) is 1. The van der Waals surface area contributed by atoms with E-state index in [1.54, 1.807) is 46.0 Å². The molecule has 1 aromatic heterocycles. The number of carboxylic acids is 1. The number of hydrogen-bond donors (Lipinski definition) is 2. The zero-order chi connectivity index (χ0) is 17.4. The number of H-pyrrole nitrogens is 1. The van der Waals surface area contributed by atoms with E-state index in [1.807, 2.05) is 0 Å². The zero-order valence-electron chi connectivity index (χ0n) is 13.3. The van der Waals surface area contributed by atoms with Crippen LogP contribution >= 0.6 is 0 Å². The second-order valence-electron chi connectivity index (χ2n) is 6.13. The van der Waals surface area contributed by atoms with Crippen molar-refractivity contribution in [3.63, 3.8) is 0 Å². The Labute approximate surface area is 132 Å². The molecule has 0 aliphatic heterocycles. The first-order valence-electron chi connectivity index (χ1n) is 6.95. The molecule has 0 aliphatic rings. The van der Waals surface area contributed by atoms with Gasteiger partial charge in [-0.3, -0.25) is 9.69 Å². The van der Waals surface area contributed by atoms with E-state index in [2.05, 4.69) is 4.98 Å². The summed E-state index contributed by atoms with van der Waals surface area (Å²) < 4.78 is 5.28. The van der Waals surface area contributed by atoms with Crippen molar-refractivity contribution in [1.82, 2.24) is 4.98 Å². The largest absolute Gasteiger partial charge is 0.477 e. The number of rotatable bonds is 2. The lowest BCUT2D eigenvalue weighted by molar-refractivity contribution is 0.0588. The van der Waals surface area contributed by atoms with E-state index < -0.39 is 23.2 Å². The van der Waals surface area contributed by atoms with Crippen LogP contribution in [0.5, 0.6) is 0 Å². The Kier molecular flexibility index (Phi) is 4.14. The number of fused-ring (bicyclic) bond motifs is 1. The number of carboxylic acid groups (broad SMARTS) is 1. The average molecular weight is 318 g/mol. The molecule has 23 heavy (non-hydrogen) atoms. The number of nitrogens with zero attached hydrogens (tertiary/aromatic N) is 1. The molecule has 7 nitrogen and oxygen atoms in total. The highest BCUT2D eigenvalue weighted by molar-refractivity contribution is 5.95. The first-order valence-corrected chi connectivity index (χ1v) is 6.95. The summed E-state index contributed by atoms with van der Waals surface area (Å²) in [6, 6.07) is 6.17. The van der Waals surface area contributed by atoms with Crippen molar-refractivity contribution in [2.45, 2.75) is 26.4 Å². The van der Waals surface area contributed by atoms with E-state index >= 15 is 0 Å². The van der Waals surface area contributed by atoms with Gasteiger partial charge in [0.25, 0.3) is 5.56 Å². The molecule has 1 amide bonds. The quantitative estimate of drug-likeness (QED) is 0.886. The topological polar surface area (TPSA) is 99.7 Å². The van der Waals surface area contributed by atoms with Crippen LogP contribution in [0.25, 0.3) is 10.9 Å². The molecule has 7 heteroatoms. The smallest absolute Gasteiger partial charge is 0.414 e. The number of hydrogen-bond acceptors (Lipinski definition) is 4. The highest BCUT2D eigenvalue weighted by Gasteiger charge is 2.21. The molecular weight excluding hydrogens is 300 g/mol. The number of anilines is 1. The van der Waals surface area contributed by atoms with Gasteiger partial charge in [-0.1, -0.05) is 6.07 Å². The summed E-state index contributed by atoms with van der Waals surface area (Å²) in [5, 5.41) is 9.52. The molecule has 0 radical (unpaired) electrons. The average Bonchev–Trinajstić information content (AvgIpc) is 2.42. The van der Waals surface area contributed by atoms with Gasteiger partial charge in [-0.05, 0) is 44.4 Å². The van der Waals surface area contributed by atoms with E-state index in [0.29, 0.717) is 16.6 Å². The Balaban J connectivity index is 2.41. The number of ether oxygens (including phenoxy) is 1. The number of amides is 1. The predicted octanol–water partition coefficient (Wildman–Crippen LogP) is 2.60. The minimum absolute atomic E-state index is 0.328. The van der Waals surface area contributed by atoms with Crippen LogP contribution in [0.15, 0.2) is 29.1 Å². The SMILES string of the molecule is CN(C(=O)OC(C)(C)C)c1ccc2cc(C(=O)O)c(=O)[nH]c2c1. The molecule has 2 aromatic rings. The van der Waals surface area contributed by atoms with Crippen molar-refractivity contribution in [3.8, 4) is 0 Å². The molecule has 1 aromatic carbocycles. The molecule has 0 atom stereocenters. The fourth-order valence-corrected chi connectivity index (χ4v) is 1.99. The molecule has 0 fully saturated rings. The van der Waals surface area contributed by atoms with Crippen LogP contribution in [0, 0.1) is 0 Å². The molecular formula is C16H18N2O5.